The fourth-order valence-electron chi connectivity index (χ4n) is 1.75. The summed E-state index contributed by atoms with van der Waals surface area (Å²) in [5, 5.41) is 3.19. The Morgan fingerprint density at radius 3 is 2.71 bits per heavy atom. The van der Waals surface area contributed by atoms with E-state index in [4.69, 9.17) is 0 Å². The van der Waals surface area contributed by atoms with Gasteiger partial charge in [0.05, 0.1) is 4.47 Å². The van der Waals surface area contributed by atoms with Gasteiger partial charge in [-0.2, -0.15) is 0 Å². The monoisotopic (exact) mass is 261 g/mol. The van der Waals surface area contributed by atoms with Gasteiger partial charge < -0.3 is 5.32 Å². The van der Waals surface area contributed by atoms with Gasteiger partial charge in [0.25, 0.3) is 0 Å². The molecule has 1 aliphatic heterocycles. The van der Waals surface area contributed by atoms with Crippen molar-refractivity contribution in [3.8, 4) is 0 Å². The second-order valence-electron chi connectivity index (χ2n) is 3.49. The van der Waals surface area contributed by atoms with Crippen LogP contribution in [0.1, 0.15) is 17.9 Å². The maximum absolute atomic E-state index is 13.1. The summed E-state index contributed by atoms with van der Waals surface area (Å²) in [4.78, 5) is 0. The average Bonchev–Trinajstić information content (AvgIpc) is 2.66. The highest BCUT2D eigenvalue weighted by Crippen LogP contribution is 2.28. The average molecular weight is 262 g/mol. The lowest BCUT2D eigenvalue weighted by Gasteiger charge is -2.09. The first-order valence-electron chi connectivity index (χ1n) is 4.53. The summed E-state index contributed by atoms with van der Waals surface area (Å²) < 4.78 is 26.2. The summed E-state index contributed by atoms with van der Waals surface area (Å²) in [5.41, 5.74) is 0.862. The Balaban J connectivity index is 2.34. The molecule has 0 bridgehead atoms. The van der Waals surface area contributed by atoms with Crippen molar-refractivity contribution in [3.05, 3.63) is 33.8 Å². The van der Waals surface area contributed by atoms with Crippen molar-refractivity contribution < 1.29 is 8.78 Å². The van der Waals surface area contributed by atoms with Crippen LogP contribution in [0.5, 0.6) is 0 Å². The molecule has 1 aromatic carbocycles. The van der Waals surface area contributed by atoms with Gasteiger partial charge in [-0.15, -0.1) is 0 Å². The molecule has 1 unspecified atom stereocenters. The van der Waals surface area contributed by atoms with Gasteiger partial charge in [0, 0.05) is 6.54 Å². The van der Waals surface area contributed by atoms with E-state index in [0.29, 0.717) is 5.92 Å². The molecule has 1 atom stereocenters. The van der Waals surface area contributed by atoms with Gasteiger partial charge >= 0.3 is 0 Å². The molecule has 1 aliphatic rings. The molecule has 4 heteroatoms. The van der Waals surface area contributed by atoms with Crippen molar-refractivity contribution in [2.24, 2.45) is 0 Å². The van der Waals surface area contributed by atoms with Crippen molar-refractivity contribution in [3.63, 3.8) is 0 Å². The fourth-order valence-corrected chi connectivity index (χ4v) is 2.20. The second kappa shape index (κ2) is 3.95. The zero-order chi connectivity index (χ0) is 10.1. The number of rotatable bonds is 1. The molecule has 1 fully saturated rings. The summed E-state index contributed by atoms with van der Waals surface area (Å²) in [6, 6.07) is 2.95. The van der Waals surface area contributed by atoms with Gasteiger partial charge in [-0.05, 0) is 52.5 Å². The molecule has 1 aromatic rings. The predicted molar refractivity (Wildman–Crippen MR) is 54.3 cm³/mol. The number of nitrogens with one attached hydrogen (secondary N) is 1. The van der Waals surface area contributed by atoms with Crippen LogP contribution in [0.4, 0.5) is 8.78 Å². The maximum atomic E-state index is 13.1. The van der Waals surface area contributed by atoms with E-state index < -0.39 is 11.6 Å². The third-order valence-electron chi connectivity index (χ3n) is 2.54. The van der Waals surface area contributed by atoms with Gasteiger partial charge in [0.15, 0.2) is 11.6 Å². The number of benzene rings is 1. The minimum Gasteiger partial charge on any atom is -0.316 e. The van der Waals surface area contributed by atoms with Gasteiger partial charge in [0.2, 0.25) is 0 Å². The van der Waals surface area contributed by atoms with Crippen molar-refractivity contribution in [2.45, 2.75) is 12.3 Å². The third kappa shape index (κ3) is 1.81. The molecule has 76 valence electrons. The Kier molecular flexibility index (Phi) is 2.83. The van der Waals surface area contributed by atoms with E-state index in [0.717, 1.165) is 25.1 Å². The lowest BCUT2D eigenvalue weighted by atomic mass is 9.98. The lowest BCUT2D eigenvalue weighted by Crippen LogP contribution is -2.08. The molecule has 0 aliphatic carbocycles. The van der Waals surface area contributed by atoms with E-state index in [1.54, 1.807) is 6.07 Å². The van der Waals surface area contributed by atoms with Crippen LogP contribution in [0.3, 0.4) is 0 Å². The smallest absolute Gasteiger partial charge is 0.172 e. The van der Waals surface area contributed by atoms with Crippen LogP contribution in [-0.4, -0.2) is 13.1 Å². The summed E-state index contributed by atoms with van der Waals surface area (Å²) in [5.74, 6) is -1.28. The van der Waals surface area contributed by atoms with Crippen LogP contribution >= 0.6 is 15.9 Å². The van der Waals surface area contributed by atoms with Crippen molar-refractivity contribution in [1.29, 1.82) is 0 Å². The molecule has 0 saturated carbocycles. The predicted octanol–water partition coefficient (Wildman–Crippen LogP) is 2.80. The Bertz CT molecular complexity index is 325. The van der Waals surface area contributed by atoms with Crippen LogP contribution in [0.25, 0.3) is 0 Å². The Morgan fingerprint density at radius 1 is 1.36 bits per heavy atom. The van der Waals surface area contributed by atoms with E-state index in [9.17, 15) is 8.78 Å². The summed E-state index contributed by atoms with van der Waals surface area (Å²) >= 11 is 3.01. The first-order chi connectivity index (χ1) is 6.68. The molecule has 1 N–H and O–H groups in total. The van der Waals surface area contributed by atoms with Gasteiger partial charge in [0.1, 0.15) is 0 Å². The first kappa shape index (κ1) is 10.1. The fraction of sp³-hybridized carbons (Fsp3) is 0.400. The van der Waals surface area contributed by atoms with Crippen LogP contribution in [-0.2, 0) is 0 Å². The molecule has 1 saturated heterocycles. The lowest BCUT2D eigenvalue weighted by molar-refractivity contribution is 0.501. The SMILES string of the molecule is Fc1cc(C2CCNC2)cc(Br)c1F. The molecule has 2 rings (SSSR count). The quantitative estimate of drug-likeness (QED) is 0.767. The number of halogens is 3. The van der Waals surface area contributed by atoms with E-state index >= 15 is 0 Å². The standard InChI is InChI=1S/C10H10BrF2N/c11-8-3-7(4-9(12)10(8)13)6-1-2-14-5-6/h3-4,6,14H,1-2,5H2. The highest BCUT2D eigenvalue weighted by Gasteiger charge is 2.19. The normalized spacial score (nSPS) is 21.5. The molecule has 0 aromatic heterocycles. The van der Waals surface area contributed by atoms with Crippen LogP contribution in [0.15, 0.2) is 16.6 Å². The Labute approximate surface area is 89.6 Å². The Morgan fingerprint density at radius 2 is 2.14 bits per heavy atom. The van der Waals surface area contributed by atoms with Gasteiger partial charge in [-0.3, -0.25) is 0 Å². The van der Waals surface area contributed by atoms with E-state index in [1.165, 1.54) is 6.07 Å². The summed E-state index contributed by atoms with van der Waals surface area (Å²) in [6.07, 6.45) is 0.984. The minimum absolute atomic E-state index is 0.208. The van der Waals surface area contributed by atoms with Crippen LogP contribution < -0.4 is 5.32 Å². The van der Waals surface area contributed by atoms with Crippen LogP contribution in [0.2, 0.25) is 0 Å². The third-order valence-corrected chi connectivity index (χ3v) is 3.11. The van der Waals surface area contributed by atoms with E-state index in [1.807, 2.05) is 0 Å². The molecular weight excluding hydrogens is 252 g/mol. The summed E-state index contributed by atoms with van der Waals surface area (Å²) in [7, 11) is 0. The first-order valence-corrected chi connectivity index (χ1v) is 5.33. The molecule has 14 heavy (non-hydrogen) atoms. The van der Waals surface area contributed by atoms with E-state index in [2.05, 4.69) is 21.2 Å². The highest BCUT2D eigenvalue weighted by atomic mass is 79.9. The van der Waals surface area contributed by atoms with Gasteiger partial charge in [-0.25, -0.2) is 8.78 Å². The van der Waals surface area contributed by atoms with E-state index in [-0.39, 0.29) is 4.47 Å². The van der Waals surface area contributed by atoms with Crippen molar-refractivity contribution in [2.75, 3.05) is 13.1 Å². The van der Waals surface area contributed by atoms with Gasteiger partial charge in [-0.1, -0.05) is 0 Å². The number of hydrogen-bond acceptors (Lipinski definition) is 1. The second-order valence-corrected chi connectivity index (χ2v) is 4.34. The van der Waals surface area contributed by atoms with Crippen LogP contribution in [0, 0.1) is 11.6 Å². The molecule has 0 radical (unpaired) electrons. The molecule has 0 spiro atoms. The Hall–Kier alpha value is -0.480. The highest BCUT2D eigenvalue weighted by molar-refractivity contribution is 9.10. The molecule has 1 nitrogen and oxygen atoms in total. The number of hydrogen-bond donors (Lipinski definition) is 1. The molecular formula is C10H10BrF2N. The molecule has 0 amide bonds. The molecule has 1 heterocycles. The topological polar surface area (TPSA) is 12.0 Å². The minimum atomic E-state index is -0.806. The maximum Gasteiger partial charge on any atom is 0.172 e. The summed E-state index contributed by atoms with van der Waals surface area (Å²) in [6.45, 7) is 1.79. The zero-order valence-corrected chi connectivity index (χ0v) is 9.07. The van der Waals surface area contributed by atoms with Crippen molar-refractivity contribution in [1.82, 2.24) is 5.32 Å². The van der Waals surface area contributed by atoms with Crippen molar-refractivity contribution >= 4 is 15.9 Å². The zero-order valence-electron chi connectivity index (χ0n) is 7.49. The largest absolute Gasteiger partial charge is 0.316 e.